The van der Waals surface area contributed by atoms with E-state index in [1.807, 2.05) is 24.3 Å². The number of aryl methyl sites for hydroxylation is 1. The molecule has 22 heavy (non-hydrogen) atoms. The molecular weight excluding hydrogens is 298 g/mol. The van der Waals surface area contributed by atoms with Gasteiger partial charge in [0.25, 0.3) is 0 Å². The van der Waals surface area contributed by atoms with Gasteiger partial charge in [-0.25, -0.2) is 0 Å². The van der Waals surface area contributed by atoms with Crippen LogP contribution in [0.15, 0.2) is 48.5 Å². The molecule has 0 atom stereocenters. The first-order valence-corrected chi connectivity index (χ1v) is 7.64. The molecule has 0 unspecified atom stereocenters. The molecule has 3 nitrogen and oxygen atoms in total. The van der Waals surface area contributed by atoms with Crippen LogP contribution in [0.1, 0.15) is 35.7 Å². The molecule has 0 saturated carbocycles. The summed E-state index contributed by atoms with van der Waals surface area (Å²) in [5, 5.41) is 3.29. The van der Waals surface area contributed by atoms with Crippen LogP contribution in [0.3, 0.4) is 0 Å². The van der Waals surface area contributed by atoms with E-state index in [-0.39, 0.29) is 24.5 Å². The van der Waals surface area contributed by atoms with E-state index in [9.17, 15) is 9.59 Å². The molecule has 0 heterocycles. The monoisotopic (exact) mass is 315 g/mol. The summed E-state index contributed by atoms with van der Waals surface area (Å²) in [7, 11) is 0. The number of carbonyl (C=O) groups excluding carboxylic acids is 2. The fourth-order valence-corrected chi connectivity index (χ4v) is 2.28. The second-order valence-corrected chi connectivity index (χ2v) is 5.47. The third-order valence-electron chi connectivity index (χ3n) is 3.37. The van der Waals surface area contributed by atoms with Gasteiger partial charge in [-0.15, -0.1) is 0 Å². The van der Waals surface area contributed by atoms with Crippen molar-refractivity contribution in [1.29, 1.82) is 0 Å². The second-order valence-electron chi connectivity index (χ2n) is 5.03. The molecule has 0 aliphatic heterocycles. The Morgan fingerprint density at radius 2 is 1.77 bits per heavy atom. The van der Waals surface area contributed by atoms with E-state index in [4.69, 9.17) is 11.6 Å². The van der Waals surface area contributed by atoms with Crippen LogP contribution in [0.2, 0.25) is 5.02 Å². The predicted octanol–water partition coefficient (Wildman–Crippen LogP) is 4.50. The number of halogens is 1. The average molecular weight is 316 g/mol. The van der Waals surface area contributed by atoms with Gasteiger partial charge < -0.3 is 5.32 Å². The minimum Gasteiger partial charge on any atom is -0.326 e. The summed E-state index contributed by atoms with van der Waals surface area (Å²) in [6.07, 6.45) is 1.29. The Bertz CT molecular complexity index is 665. The first-order chi connectivity index (χ1) is 10.6. The maximum Gasteiger partial charge on any atom is 0.224 e. The van der Waals surface area contributed by atoms with Gasteiger partial charge >= 0.3 is 0 Å². The number of anilines is 1. The van der Waals surface area contributed by atoms with Crippen molar-refractivity contribution in [2.45, 2.75) is 26.2 Å². The van der Waals surface area contributed by atoms with E-state index in [1.165, 1.54) is 5.56 Å². The fourth-order valence-electron chi connectivity index (χ4n) is 2.09. The summed E-state index contributed by atoms with van der Waals surface area (Å²) in [5.41, 5.74) is 2.47. The van der Waals surface area contributed by atoms with Gasteiger partial charge in [-0.05, 0) is 30.2 Å². The first-order valence-electron chi connectivity index (χ1n) is 7.26. The molecule has 0 aromatic heterocycles. The number of benzene rings is 2. The van der Waals surface area contributed by atoms with Gasteiger partial charge in [0.2, 0.25) is 5.91 Å². The summed E-state index contributed by atoms with van der Waals surface area (Å²) in [5.74, 6) is -0.218. The molecular formula is C18H18ClNO2. The van der Waals surface area contributed by atoms with Gasteiger partial charge in [0.1, 0.15) is 0 Å². The van der Waals surface area contributed by atoms with Crippen LogP contribution >= 0.6 is 11.6 Å². The van der Waals surface area contributed by atoms with Gasteiger partial charge in [0.05, 0.1) is 0 Å². The Hall–Kier alpha value is -2.13. The molecule has 0 bridgehead atoms. The number of rotatable bonds is 6. The van der Waals surface area contributed by atoms with E-state index in [0.29, 0.717) is 16.3 Å². The quantitative estimate of drug-likeness (QED) is 0.797. The van der Waals surface area contributed by atoms with Crippen LogP contribution in [-0.4, -0.2) is 11.7 Å². The maximum atomic E-state index is 12.1. The highest BCUT2D eigenvalue weighted by Crippen LogP contribution is 2.15. The SMILES string of the molecule is CCc1ccc(C(=O)CCC(=O)Nc2cccc(Cl)c2)cc1. The molecule has 2 aromatic rings. The van der Waals surface area contributed by atoms with Gasteiger partial charge in [-0.3, -0.25) is 9.59 Å². The number of ketones is 1. The van der Waals surface area contributed by atoms with E-state index in [1.54, 1.807) is 24.3 Å². The molecule has 1 amide bonds. The molecule has 2 rings (SSSR count). The Morgan fingerprint density at radius 3 is 2.41 bits per heavy atom. The van der Waals surface area contributed by atoms with Crippen molar-refractivity contribution in [3.63, 3.8) is 0 Å². The molecule has 0 aliphatic carbocycles. The summed E-state index contributed by atoms with van der Waals surface area (Å²) < 4.78 is 0. The normalized spacial score (nSPS) is 10.3. The predicted molar refractivity (Wildman–Crippen MR) is 89.5 cm³/mol. The summed E-state index contributed by atoms with van der Waals surface area (Å²) in [6, 6.07) is 14.4. The topological polar surface area (TPSA) is 46.2 Å². The fraction of sp³-hybridized carbons (Fsp3) is 0.222. The van der Waals surface area contributed by atoms with Crippen molar-refractivity contribution in [1.82, 2.24) is 0 Å². The third-order valence-corrected chi connectivity index (χ3v) is 3.61. The number of amides is 1. The summed E-state index contributed by atoms with van der Waals surface area (Å²) >= 11 is 5.86. The molecule has 0 radical (unpaired) electrons. The van der Waals surface area contributed by atoms with Crippen molar-refractivity contribution < 1.29 is 9.59 Å². The smallest absolute Gasteiger partial charge is 0.224 e. The van der Waals surface area contributed by atoms with E-state index < -0.39 is 0 Å². The molecule has 4 heteroatoms. The van der Waals surface area contributed by atoms with Gasteiger partial charge in [0.15, 0.2) is 5.78 Å². The minimum atomic E-state index is -0.194. The van der Waals surface area contributed by atoms with Crippen molar-refractivity contribution in [3.8, 4) is 0 Å². The van der Waals surface area contributed by atoms with Gasteiger partial charge in [-0.1, -0.05) is 48.9 Å². The van der Waals surface area contributed by atoms with E-state index in [0.717, 1.165) is 6.42 Å². The number of carbonyl (C=O) groups is 2. The molecule has 0 spiro atoms. The second kappa shape index (κ2) is 7.76. The lowest BCUT2D eigenvalue weighted by molar-refractivity contribution is -0.116. The molecule has 2 aromatic carbocycles. The number of hydrogen-bond donors (Lipinski definition) is 1. The third kappa shape index (κ3) is 4.71. The Labute approximate surface area is 135 Å². The standard InChI is InChI=1S/C18H18ClNO2/c1-2-13-6-8-14(9-7-13)17(21)10-11-18(22)20-16-5-3-4-15(19)12-16/h3-9,12H,2,10-11H2,1H3,(H,20,22). The molecule has 114 valence electrons. The van der Waals surface area contributed by atoms with Crippen LogP contribution in [0, 0.1) is 0 Å². The van der Waals surface area contributed by atoms with Crippen molar-refractivity contribution in [2.75, 3.05) is 5.32 Å². The average Bonchev–Trinajstić information content (AvgIpc) is 2.52. The van der Waals surface area contributed by atoms with Crippen LogP contribution in [-0.2, 0) is 11.2 Å². The largest absolute Gasteiger partial charge is 0.326 e. The zero-order valence-electron chi connectivity index (χ0n) is 12.4. The summed E-state index contributed by atoms with van der Waals surface area (Å²) in [6.45, 7) is 2.07. The molecule has 1 N–H and O–H groups in total. The Balaban J connectivity index is 1.86. The van der Waals surface area contributed by atoms with Gasteiger partial charge in [-0.2, -0.15) is 0 Å². The van der Waals surface area contributed by atoms with Crippen LogP contribution < -0.4 is 5.32 Å². The lowest BCUT2D eigenvalue weighted by atomic mass is 10.0. The zero-order valence-corrected chi connectivity index (χ0v) is 13.2. The molecule has 0 fully saturated rings. The van der Waals surface area contributed by atoms with Crippen LogP contribution in [0.5, 0.6) is 0 Å². The lowest BCUT2D eigenvalue weighted by Crippen LogP contribution is -2.13. The van der Waals surface area contributed by atoms with Crippen molar-refractivity contribution in [3.05, 3.63) is 64.7 Å². The van der Waals surface area contributed by atoms with E-state index in [2.05, 4.69) is 12.2 Å². The van der Waals surface area contributed by atoms with Crippen LogP contribution in [0.4, 0.5) is 5.69 Å². The zero-order chi connectivity index (χ0) is 15.9. The highest BCUT2D eigenvalue weighted by atomic mass is 35.5. The van der Waals surface area contributed by atoms with Gasteiger partial charge in [0, 0.05) is 29.1 Å². The summed E-state index contributed by atoms with van der Waals surface area (Å²) in [4.78, 5) is 23.9. The minimum absolute atomic E-state index is 0.0242. The maximum absolute atomic E-state index is 12.1. The number of Topliss-reactive ketones (excluding diaryl/α,β-unsaturated/α-hetero) is 1. The highest BCUT2D eigenvalue weighted by Gasteiger charge is 2.09. The number of hydrogen-bond acceptors (Lipinski definition) is 2. The highest BCUT2D eigenvalue weighted by molar-refractivity contribution is 6.30. The lowest BCUT2D eigenvalue weighted by Gasteiger charge is -2.06. The Kier molecular flexibility index (Phi) is 5.73. The van der Waals surface area contributed by atoms with E-state index >= 15 is 0 Å². The van der Waals surface area contributed by atoms with Crippen molar-refractivity contribution >= 4 is 29.0 Å². The molecule has 0 aliphatic rings. The Morgan fingerprint density at radius 1 is 1.05 bits per heavy atom. The van der Waals surface area contributed by atoms with Crippen LogP contribution in [0.25, 0.3) is 0 Å². The number of nitrogens with one attached hydrogen (secondary N) is 1. The molecule has 0 saturated heterocycles. The first kappa shape index (κ1) is 16.2. The van der Waals surface area contributed by atoms with Crippen molar-refractivity contribution in [2.24, 2.45) is 0 Å².